The summed E-state index contributed by atoms with van der Waals surface area (Å²) >= 11 is 0. The third-order valence-corrected chi connectivity index (χ3v) is 2.49. The van der Waals surface area contributed by atoms with E-state index in [1.807, 2.05) is 6.92 Å². The lowest BCUT2D eigenvalue weighted by Crippen LogP contribution is -2.07. The van der Waals surface area contributed by atoms with Crippen molar-refractivity contribution in [1.29, 1.82) is 0 Å². The van der Waals surface area contributed by atoms with E-state index in [4.69, 9.17) is 5.73 Å². The Hall–Kier alpha value is -2.37. The highest BCUT2D eigenvalue weighted by Crippen LogP contribution is 2.13. The summed E-state index contributed by atoms with van der Waals surface area (Å²) in [6.45, 7) is 3.28. The molecule has 100 valence electrons. The van der Waals surface area contributed by atoms with Gasteiger partial charge in [0.1, 0.15) is 17.5 Å². The quantitative estimate of drug-likeness (QED) is 0.769. The van der Waals surface area contributed by atoms with Gasteiger partial charge in [0.05, 0.1) is 0 Å². The van der Waals surface area contributed by atoms with Crippen LogP contribution >= 0.6 is 0 Å². The Morgan fingerprint density at radius 2 is 1.74 bits per heavy atom. The van der Waals surface area contributed by atoms with Crippen LogP contribution in [0.2, 0.25) is 0 Å². The molecule has 0 saturated carbocycles. The highest BCUT2D eigenvalue weighted by Gasteiger charge is 2.01. The Morgan fingerprint density at radius 3 is 2.37 bits per heavy atom. The lowest BCUT2D eigenvalue weighted by atomic mass is 10.2. The number of nitrogen functional groups attached to an aromatic ring is 1. The third-order valence-electron chi connectivity index (χ3n) is 2.49. The molecule has 6 heteroatoms. The van der Waals surface area contributed by atoms with Crippen molar-refractivity contribution in [2.75, 3.05) is 22.9 Å². The number of halogens is 1. The molecule has 19 heavy (non-hydrogen) atoms. The molecule has 0 radical (unpaired) electrons. The number of nitrogens with one attached hydrogen (secondary N) is 2. The molecule has 0 bridgehead atoms. The molecule has 2 rings (SSSR count). The zero-order valence-corrected chi connectivity index (χ0v) is 10.7. The number of rotatable bonds is 5. The first-order chi connectivity index (χ1) is 9.17. The highest BCUT2D eigenvalue weighted by atomic mass is 19.1. The number of hydrogen-bond donors (Lipinski definition) is 3. The summed E-state index contributed by atoms with van der Waals surface area (Å²) in [7, 11) is 0. The predicted octanol–water partition coefficient (Wildman–Crippen LogP) is 2.24. The summed E-state index contributed by atoms with van der Waals surface area (Å²) in [6, 6.07) is 8.07. The standard InChI is InChI=1S/C13H16FN5/c1-2-16-11-7-12(19-13(15)18-11)17-8-9-3-5-10(14)6-4-9/h3-7H,2,8H2,1H3,(H4,15,16,17,18,19). The van der Waals surface area contributed by atoms with Gasteiger partial charge in [-0.1, -0.05) is 12.1 Å². The zero-order valence-electron chi connectivity index (χ0n) is 10.7. The van der Waals surface area contributed by atoms with Crippen LogP contribution in [-0.2, 0) is 6.54 Å². The van der Waals surface area contributed by atoms with Crippen LogP contribution in [0.15, 0.2) is 30.3 Å². The molecule has 0 atom stereocenters. The van der Waals surface area contributed by atoms with Crippen LogP contribution in [0, 0.1) is 5.82 Å². The normalized spacial score (nSPS) is 10.2. The minimum absolute atomic E-state index is 0.208. The van der Waals surface area contributed by atoms with E-state index in [0.717, 1.165) is 12.1 Å². The molecule has 0 spiro atoms. The van der Waals surface area contributed by atoms with Crippen molar-refractivity contribution < 1.29 is 4.39 Å². The van der Waals surface area contributed by atoms with Gasteiger partial charge in [0.2, 0.25) is 5.95 Å². The third kappa shape index (κ3) is 3.80. The molecule has 0 amide bonds. The molecular formula is C13H16FN5. The van der Waals surface area contributed by atoms with Crippen LogP contribution in [0.3, 0.4) is 0 Å². The van der Waals surface area contributed by atoms with Crippen molar-refractivity contribution in [2.45, 2.75) is 13.5 Å². The monoisotopic (exact) mass is 261 g/mol. The van der Waals surface area contributed by atoms with Crippen molar-refractivity contribution in [2.24, 2.45) is 0 Å². The Morgan fingerprint density at radius 1 is 1.11 bits per heavy atom. The molecule has 0 aliphatic rings. The fourth-order valence-electron chi connectivity index (χ4n) is 1.62. The van der Waals surface area contributed by atoms with Gasteiger partial charge in [-0.15, -0.1) is 0 Å². The molecule has 1 heterocycles. The molecule has 0 aliphatic heterocycles. The average molecular weight is 261 g/mol. The second kappa shape index (κ2) is 5.99. The molecule has 5 nitrogen and oxygen atoms in total. The smallest absolute Gasteiger partial charge is 0.223 e. The van der Waals surface area contributed by atoms with Crippen molar-refractivity contribution in [3.8, 4) is 0 Å². The number of nitrogens with zero attached hydrogens (tertiary/aromatic N) is 2. The molecule has 0 unspecified atom stereocenters. The molecular weight excluding hydrogens is 245 g/mol. The SMILES string of the molecule is CCNc1cc(NCc2ccc(F)cc2)nc(N)n1. The van der Waals surface area contributed by atoms with Gasteiger partial charge in [-0.2, -0.15) is 9.97 Å². The molecule has 1 aromatic carbocycles. The minimum Gasteiger partial charge on any atom is -0.370 e. The van der Waals surface area contributed by atoms with Gasteiger partial charge >= 0.3 is 0 Å². The number of hydrogen-bond acceptors (Lipinski definition) is 5. The Labute approximate surface area is 111 Å². The highest BCUT2D eigenvalue weighted by molar-refractivity contribution is 5.51. The number of nitrogens with two attached hydrogens (primary N) is 1. The van der Waals surface area contributed by atoms with E-state index < -0.39 is 0 Å². The summed E-state index contributed by atoms with van der Waals surface area (Å²) in [5.41, 5.74) is 6.59. The number of benzene rings is 1. The van der Waals surface area contributed by atoms with E-state index in [-0.39, 0.29) is 11.8 Å². The Balaban J connectivity index is 2.04. The van der Waals surface area contributed by atoms with E-state index in [0.29, 0.717) is 18.2 Å². The van der Waals surface area contributed by atoms with Crippen LogP contribution in [0.4, 0.5) is 22.0 Å². The molecule has 0 saturated heterocycles. The summed E-state index contributed by atoms with van der Waals surface area (Å²) in [6.07, 6.45) is 0. The van der Waals surface area contributed by atoms with E-state index in [1.165, 1.54) is 12.1 Å². The van der Waals surface area contributed by atoms with Gasteiger partial charge in [-0.05, 0) is 24.6 Å². The van der Waals surface area contributed by atoms with Crippen LogP contribution in [0.5, 0.6) is 0 Å². The molecule has 2 aromatic rings. The molecule has 0 aliphatic carbocycles. The second-order valence-corrected chi connectivity index (χ2v) is 4.01. The maximum atomic E-state index is 12.8. The fourth-order valence-corrected chi connectivity index (χ4v) is 1.62. The van der Waals surface area contributed by atoms with Crippen molar-refractivity contribution in [3.63, 3.8) is 0 Å². The number of aromatic nitrogens is 2. The molecule has 4 N–H and O–H groups in total. The largest absolute Gasteiger partial charge is 0.370 e. The van der Waals surface area contributed by atoms with Crippen molar-refractivity contribution in [3.05, 3.63) is 41.7 Å². The predicted molar refractivity (Wildman–Crippen MR) is 74.3 cm³/mol. The maximum Gasteiger partial charge on any atom is 0.223 e. The fraction of sp³-hybridized carbons (Fsp3) is 0.231. The van der Waals surface area contributed by atoms with E-state index in [1.54, 1.807) is 18.2 Å². The Kier molecular flexibility index (Phi) is 4.12. The van der Waals surface area contributed by atoms with Crippen LogP contribution in [0.1, 0.15) is 12.5 Å². The topological polar surface area (TPSA) is 75.9 Å². The van der Waals surface area contributed by atoms with Crippen LogP contribution < -0.4 is 16.4 Å². The molecule has 1 aromatic heterocycles. The first-order valence-corrected chi connectivity index (χ1v) is 6.04. The van der Waals surface area contributed by atoms with Gasteiger partial charge in [0.25, 0.3) is 0 Å². The van der Waals surface area contributed by atoms with E-state index >= 15 is 0 Å². The number of anilines is 3. The summed E-state index contributed by atoms with van der Waals surface area (Å²) in [5, 5.41) is 6.20. The van der Waals surface area contributed by atoms with Crippen LogP contribution in [0.25, 0.3) is 0 Å². The first-order valence-electron chi connectivity index (χ1n) is 6.04. The van der Waals surface area contributed by atoms with Gasteiger partial charge in [0, 0.05) is 19.2 Å². The minimum atomic E-state index is -0.246. The Bertz CT molecular complexity index is 541. The summed E-state index contributed by atoms with van der Waals surface area (Å²) in [4.78, 5) is 8.15. The lowest BCUT2D eigenvalue weighted by molar-refractivity contribution is 0.627. The summed E-state index contributed by atoms with van der Waals surface area (Å²) in [5.74, 6) is 1.27. The summed E-state index contributed by atoms with van der Waals surface area (Å²) < 4.78 is 12.8. The van der Waals surface area contributed by atoms with E-state index in [9.17, 15) is 4.39 Å². The zero-order chi connectivity index (χ0) is 13.7. The van der Waals surface area contributed by atoms with E-state index in [2.05, 4.69) is 20.6 Å². The van der Waals surface area contributed by atoms with Crippen molar-refractivity contribution >= 4 is 17.6 Å². The van der Waals surface area contributed by atoms with Crippen LogP contribution in [-0.4, -0.2) is 16.5 Å². The van der Waals surface area contributed by atoms with Crippen molar-refractivity contribution in [1.82, 2.24) is 9.97 Å². The molecule has 0 fully saturated rings. The van der Waals surface area contributed by atoms with Gasteiger partial charge < -0.3 is 16.4 Å². The second-order valence-electron chi connectivity index (χ2n) is 4.01. The maximum absolute atomic E-state index is 12.8. The first kappa shape index (κ1) is 13.1. The average Bonchev–Trinajstić information content (AvgIpc) is 2.38. The van der Waals surface area contributed by atoms with Gasteiger partial charge in [0.15, 0.2) is 0 Å². The lowest BCUT2D eigenvalue weighted by Gasteiger charge is -2.09. The van der Waals surface area contributed by atoms with Gasteiger partial charge in [-0.25, -0.2) is 4.39 Å². The van der Waals surface area contributed by atoms with Gasteiger partial charge in [-0.3, -0.25) is 0 Å².